The maximum absolute atomic E-state index is 13.4. The van der Waals surface area contributed by atoms with E-state index in [2.05, 4.69) is 5.32 Å². The number of rotatable bonds is 8. The van der Waals surface area contributed by atoms with Gasteiger partial charge in [0, 0.05) is 29.1 Å². The molecule has 0 aliphatic heterocycles. The van der Waals surface area contributed by atoms with Crippen molar-refractivity contribution in [2.24, 2.45) is 5.73 Å². The number of thiophene rings is 1. The molecule has 31 heavy (non-hydrogen) atoms. The molecule has 1 heterocycles. The molecule has 10 heteroatoms. The highest BCUT2D eigenvalue weighted by molar-refractivity contribution is 7.59. The van der Waals surface area contributed by atoms with Gasteiger partial charge < -0.3 is 15.6 Å². The van der Waals surface area contributed by atoms with Crippen LogP contribution in [-0.4, -0.2) is 25.7 Å². The lowest BCUT2D eigenvalue weighted by molar-refractivity contribution is -0.120. The van der Waals surface area contributed by atoms with Crippen LogP contribution in [0.2, 0.25) is 5.02 Å². The molecule has 0 spiro atoms. The minimum Gasteiger partial charge on any atom is -0.332 e. The van der Waals surface area contributed by atoms with Gasteiger partial charge in [-0.2, -0.15) is 0 Å². The van der Waals surface area contributed by atoms with Crippen molar-refractivity contribution in [2.45, 2.75) is 5.66 Å². The zero-order valence-corrected chi connectivity index (χ0v) is 18.9. The fraction of sp³-hybridized carbons (Fsp3) is 0.190. The van der Waals surface area contributed by atoms with Gasteiger partial charge in [0.15, 0.2) is 11.6 Å². The van der Waals surface area contributed by atoms with Gasteiger partial charge in [-0.05, 0) is 58.3 Å². The minimum atomic E-state index is -3.48. The Morgan fingerprint density at radius 3 is 2.77 bits per heavy atom. The number of hydrogen-bond donors (Lipinski definition) is 2. The number of amides is 1. The molecule has 0 radical (unpaired) electrons. The summed E-state index contributed by atoms with van der Waals surface area (Å²) in [5, 5.41) is 5.52. The Balaban J connectivity index is 1.92. The molecule has 0 bridgehead atoms. The Bertz CT molecular complexity index is 1180. The van der Waals surface area contributed by atoms with E-state index in [1.807, 2.05) is 6.07 Å². The van der Waals surface area contributed by atoms with E-state index < -0.39 is 30.6 Å². The molecule has 0 fully saturated rings. The Morgan fingerprint density at radius 1 is 1.29 bits per heavy atom. The average molecular weight is 485 g/mol. The summed E-state index contributed by atoms with van der Waals surface area (Å²) in [6, 6.07) is 8.62. The van der Waals surface area contributed by atoms with E-state index in [1.165, 1.54) is 36.3 Å². The van der Waals surface area contributed by atoms with E-state index >= 15 is 0 Å². The van der Waals surface area contributed by atoms with Crippen molar-refractivity contribution in [1.29, 1.82) is 0 Å². The van der Waals surface area contributed by atoms with Crippen LogP contribution < -0.4 is 11.1 Å². The quantitative estimate of drug-likeness (QED) is 0.411. The number of carbonyl (C=O) groups is 1. The van der Waals surface area contributed by atoms with Crippen LogP contribution in [0.5, 0.6) is 0 Å². The van der Waals surface area contributed by atoms with Crippen molar-refractivity contribution < 1.29 is 22.7 Å². The highest BCUT2D eigenvalue weighted by Crippen LogP contribution is 2.58. The van der Waals surface area contributed by atoms with E-state index in [0.717, 1.165) is 16.8 Å². The molecule has 164 valence electrons. The molecule has 0 aliphatic carbocycles. The fourth-order valence-corrected chi connectivity index (χ4v) is 6.14. The SMILES string of the molecule is CP(=O)(OCCN)C(C(=O)NC=Cc1ccc(F)c(F)c1)c1csc2ccc(Cl)cc12. The highest BCUT2D eigenvalue weighted by Gasteiger charge is 2.38. The Labute approximate surface area is 187 Å². The molecule has 2 atom stereocenters. The third kappa shape index (κ3) is 5.59. The third-order valence-corrected chi connectivity index (χ3v) is 7.85. The lowest BCUT2D eigenvalue weighted by Gasteiger charge is -2.23. The highest BCUT2D eigenvalue weighted by atomic mass is 35.5. The van der Waals surface area contributed by atoms with Gasteiger partial charge in [0.1, 0.15) is 5.66 Å². The first kappa shape index (κ1) is 23.6. The van der Waals surface area contributed by atoms with E-state index in [-0.39, 0.29) is 13.2 Å². The maximum atomic E-state index is 13.4. The summed E-state index contributed by atoms with van der Waals surface area (Å²) in [6.07, 6.45) is 2.69. The predicted molar refractivity (Wildman–Crippen MR) is 122 cm³/mol. The summed E-state index contributed by atoms with van der Waals surface area (Å²) in [5.41, 5.74) is 5.25. The van der Waals surface area contributed by atoms with Crippen molar-refractivity contribution in [3.63, 3.8) is 0 Å². The summed E-state index contributed by atoms with van der Waals surface area (Å²) in [5.74, 6) is -2.53. The number of fused-ring (bicyclic) bond motifs is 1. The van der Waals surface area contributed by atoms with Gasteiger partial charge in [0.2, 0.25) is 13.3 Å². The molecule has 1 amide bonds. The summed E-state index contributed by atoms with van der Waals surface area (Å²) < 4.78 is 46.2. The van der Waals surface area contributed by atoms with E-state index in [0.29, 0.717) is 21.5 Å². The lowest BCUT2D eigenvalue weighted by Crippen LogP contribution is -2.26. The molecule has 2 unspecified atom stereocenters. The summed E-state index contributed by atoms with van der Waals surface area (Å²) in [4.78, 5) is 13.1. The van der Waals surface area contributed by atoms with Gasteiger partial charge in [-0.1, -0.05) is 17.7 Å². The molecule has 3 rings (SSSR count). The molecule has 1 aromatic heterocycles. The third-order valence-electron chi connectivity index (χ3n) is 4.49. The number of carbonyl (C=O) groups excluding carboxylic acids is 1. The van der Waals surface area contributed by atoms with Crippen LogP contribution in [-0.2, 0) is 13.9 Å². The standard InChI is InChI=1S/C21H20ClF2N2O3PS/c1-30(28,29-9-7-25)20(16-12-31-19-5-3-14(22)11-15(16)19)21(27)26-8-6-13-2-4-17(23)18(24)10-13/h2-6,8,10-12,20H,7,9,25H2,1H3,(H,26,27). The van der Waals surface area contributed by atoms with Crippen LogP contribution in [0.1, 0.15) is 16.8 Å². The van der Waals surface area contributed by atoms with E-state index in [9.17, 15) is 18.1 Å². The van der Waals surface area contributed by atoms with Gasteiger partial charge >= 0.3 is 0 Å². The van der Waals surface area contributed by atoms with Crippen LogP contribution in [0.3, 0.4) is 0 Å². The Hall–Kier alpha value is -2.09. The summed E-state index contributed by atoms with van der Waals surface area (Å²) >= 11 is 7.52. The molecular weight excluding hydrogens is 465 g/mol. The molecule has 3 aromatic rings. The molecule has 0 saturated heterocycles. The maximum Gasteiger partial charge on any atom is 0.241 e. The molecule has 0 saturated carbocycles. The molecule has 0 aliphatic rings. The van der Waals surface area contributed by atoms with Crippen LogP contribution in [0.25, 0.3) is 16.2 Å². The van der Waals surface area contributed by atoms with Crippen molar-refractivity contribution in [3.05, 3.63) is 75.8 Å². The number of hydrogen-bond acceptors (Lipinski definition) is 5. The van der Waals surface area contributed by atoms with Crippen molar-refractivity contribution in [3.8, 4) is 0 Å². The van der Waals surface area contributed by atoms with Gasteiger partial charge in [0.25, 0.3) is 0 Å². The second kappa shape index (κ2) is 10.0. The zero-order chi connectivity index (χ0) is 22.6. The summed E-state index contributed by atoms with van der Waals surface area (Å²) in [7, 11) is -3.48. The lowest BCUT2D eigenvalue weighted by atomic mass is 10.1. The second-order valence-electron chi connectivity index (χ2n) is 6.78. The van der Waals surface area contributed by atoms with Crippen molar-refractivity contribution >= 4 is 52.4 Å². The van der Waals surface area contributed by atoms with Crippen LogP contribution in [0.15, 0.2) is 48.0 Å². The first-order valence-electron chi connectivity index (χ1n) is 9.23. The topological polar surface area (TPSA) is 81.4 Å². The minimum absolute atomic E-state index is 0.0328. The fourth-order valence-electron chi connectivity index (χ4n) is 3.06. The number of nitrogens with two attached hydrogens (primary N) is 1. The Morgan fingerprint density at radius 2 is 2.06 bits per heavy atom. The van der Waals surface area contributed by atoms with Crippen molar-refractivity contribution in [1.82, 2.24) is 5.32 Å². The van der Waals surface area contributed by atoms with Crippen LogP contribution in [0.4, 0.5) is 8.78 Å². The predicted octanol–water partition coefficient (Wildman–Crippen LogP) is 5.54. The summed E-state index contributed by atoms with van der Waals surface area (Å²) in [6.45, 7) is 1.57. The van der Waals surface area contributed by atoms with Crippen LogP contribution in [0, 0.1) is 11.6 Å². The largest absolute Gasteiger partial charge is 0.332 e. The van der Waals surface area contributed by atoms with Gasteiger partial charge in [-0.15, -0.1) is 11.3 Å². The average Bonchev–Trinajstić information content (AvgIpc) is 3.11. The van der Waals surface area contributed by atoms with Crippen LogP contribution >= 0.6 is 30.3 Å². The normalized spacial score (nSPS) is 14.6. The molecular formula is C21H20ClF2N2O3PS. The first-order chi connectivity index (χ1) is 14.7. The Kier molecular flexibility index (Phi) is 7.62. The number of nitrogens with one attached hydrogen (secondary N) is 1. The molecule has 2 aromatic carbocycles. The number of benzene rings is 2. The first-order valence-corrected chi connectivity index (χ1v) is 12.6. The van der Waals surface area contributed by atoms with Gasteiger partial charge in [-0.25, -0.2) is 8.78 Å². The zero-order valence-electron chi connectivity index (χ0n) is 16.5. The van der Waals surface area contributed by atoms with Gasteiger partial charge in [0.05, 0.1) is 6.61 Å². The van der Waals surface area contributed by atoms with E-state index in [1.54, 1.807) is 17.5 Å². The monoisotopic (exact) mass is 484 g/mol. The second-order valence-corrected chi connectivity index (χ2v) is 10.7. The van der Waals surface area contributed by atoms with Crippen molar-refractivity contribution in [2.75, 3.05) is 19.8 Å². The smallest absolute Gasteiger partial charge is 0.241 e. The molecule has 3 N–H and O–H groups in total. The number of halogens is 3. The van der Waals surface area contributed by atoms with E-state index in [4.69, 9.17) is 21.9 Å². The van der Waals surface area contributed by atoms with Gasteiger partial charge in [-0.3, -0.25) is 9.36 Å². The molecule has 5 nitrogen and oxygen atoms in total.